The number of guanidine groups is 1. The summed E-state index contributed by atoms with van der Waals surface area (Å²) in [4.78, 5) is 27.9. The number of halogens is 1. The number of carbonyl (C=O) groups is 2. The van der Waals surface area contributed by atoms with E-state index in [0.717, 1.165) is 12.0 Å². The molecule has 10 nitrogen and oxygen atoms in total. The summed E-state index contributed by atoms with van der Waals surface area (Å²) in [6, 6.07) is 4.96. The van der Waals surface area contributed by atoms with Crippen LogP contribution in [0.2, 0.25) is 0 Å². The van der Waals surface area contributed by atoms with Crippen LogP contribution in [0.1, 0.15) is 35.7 Å². The summed E-state index contributed by atoms with van der Waals surface area (Å²) < 4.78 is 30.1. The molecule has 0 heterocycles. The summed E-state index contributed by atoms with van der Waals surface area (Å²) in [6.45, 7) is 1.57. The maximum Gasteiger partial charge on any atom is 0.356 e. The van der Waals surface area contributed by atoms with Gasteiger partial charge in [0.05, 0.1) is 17.9 Å². The van der Waals surface area contributed by atoms with Crippen LogP contribution >= 0.6 is 22.6 Å². The van der Waals surface area contributed by atoms with Gasteiger partial charge in [-0.05, 0) is 52.8 Å². The highest BCUT2D eigenvalue weighted by Crippen LogP contribution is 2.16. The third-order valence-electron chi connectivity index (χ3n) is 3.71. The first-order valence-corrected chi connectivity index (χ1v) is 11.9. The third-order valence-corrected chi connectivity index (χ3v) is 6.26. The molecule has 0 saturated heterocycles. The number of unbranched alkanes of at least 4 members (excludes halogenated alkanes) is 1. The van der Waals surface area contributed by atoms with Gasteiger partial charge in [-0.1, -0.05) is 19.4 Å². The van der Waals surface area contributed by atoms with Crippen LogP contribution in [0.25, 0.3) is 0 Å². The van der Waals surface area contributed by atoms with Gasteiger partial charge in [-0.2, -0.15) is 0 Å². The van der Waals surface area contributed by atoms with Crippen LogP contribution in [-0.2, 0) is 30.5 Å². The Morgan fingerprint density at radius 3 is 2.57 bits per heavy atom. The molecule has 0 aliphatic heterocycles. The molecule has 0 radical (unpaired) electrons. The van der Waals surface area contributed by atoms with Crippen LogP contribution in [0, 0.1) is 8.35 Å². The fraction of sp³-hybridized carbons (Fsp3) is 0.389. The topological polar surface area (TPSA) is 184 Å². The number of nitrogens with one attached hydrogen (secondary N) is 1. The summed E-state index contributed by atoms with van der Waals surface area (Å²) in [5.41, 5.74) is 17.0. The first-order chi connectivity index (χ1) is 14.1. The number of hydrogen-bond acceptors (Lipinski definition) is 8. The van der Waals surface area contributed by atoms with Gasteiger partial charge in [-0.3, -0.25) is 4.78 Å². The summed E-state index contributed by atoms with van der Waals surface area (Å²) in [7, 11) is -2.83. The van der Waals surface area contributed by atoms with Gasteiger partial charge >= 0.3 is 11.9 Å². The van der Waals surface area contributed by atoms with Crippen LogP contribution in [-0.4, -0.2) is 40.4 Å². The van der Waals surface area contributed by atoms with Crippen LogP contribution in [0.3, 0.4) is 0 Å². The number of ether oxygens (including phenoxy) is 2. The number of nitrogens with zero attached hydrogens (tertiary/aromatic N) is 1. The van der Waals surface area contributed by atoms with Gasteiger partial charge in [-0.15, -0.1) is 0 Å². The fourth-order valence-electron chi connectivity index (χ4n) is 2.07. The lowest BCUT2D eigenvalue weighted by molar-refractivity contribution is -0.147. The van der Waals surface area contributed by atoms with E-state index < -0.39 is 28.5 Å². The molecule has 0 spiro atoms. The zero-order valence-corrected chi connectivity index (χ0v) is 19.5. The Morgan fingerprint density at radius 1 is 1.27 bits per heavy atom. The van der Waals surface area contributed by atoms with E-state index in [9.17, 15) is 13.8 Å². The SMILES string of the molecule is CCCCS(=N)(=O)C/C=C(\N)C(=O)OCOC(=O)c1ccc(CN=C(N)N)cc1I. The molecule has 0 fully saturated rings. The minimum absolute atomic E-state index is 0.0327. The molecule has 166 valence electrons. The molecular weight excluding hydrogens is 525 g/mol. The number of carbonyl (C=O) groups excluding carboxylic acids is 2. The molecule has 0 saturated carbocycles. The molecule has 30 heavy (non-hydrogen) atoms. The van der Waals surface area contributed by atoms with Crippen molar-refractivity contribution >= 4 is 50.2 Å². The first kappa shape index (κ1) is 25.7. The molecule has 7 N–H and O–H groups in total. The second-order valence-corrected chi connectivity index (χ2v) is 9.76. The van der Waals surface area contributed by atoms with E-state index in [0.29, 0.717) is 9.99 Å². The number of nitrogens with two attached hydrogens (primary N) is 3. The summed E-state index contributed by atoms with van der Waals surface area (Å²) >= 11 is 1.97. The number of rotatable bonds is 11. The molecule has 0 aliphatic carbocycles. The van der Waals surface area contributed by atoms with Crippen molar-refractivity contribution in [3.8, 4) is 0 Å². The predicted octanol–water partition coefficient (Wildman–Crippen LogP) is 1.41. The van der Waals surface area contributed by atoms with Crippen molar-refractivity contribution < 1.29 is 23.3 Å². The Morgan fingerprint density at radius 2 is 1.97 bits per heavy atom. The Balaban J connectivity index is 2.56. The van der Waals surface area contributed by atoms with E-state index in [-0.39, 0.29) is 35.3 Å². The van der Waals surface area contributed by atoms with Gasteiger partial charge in [0.15, 0.2) is 5.96 Å². The Hall–Kier alpha value is -2.35. The molecule has 0 bridgehead atoms. The molecular formula is C18H26IN5O5S. The van der Waals surface area contributed by atoms with E-state index in [1.807, 2.05) is 29.5 Å². The largest absolute Gasteiger partial charge is 0.424 e. The van der Waals surface area contributed by atoms with Gasteiger partial charge in [0.25, 0.3) is 0 Å². The molecule has 1 unspecified atom stereocenters. The van der Waals surface area contributed by atoms with Gasteiger partial charge in [0, 0.05) is 19.1 Å². The minimum Gasteiger partial charge on any atom is -0.424 e. The predicted molar refractivity (Wildman–Crippen MR) is 123 cm³/mol. The van der Waals surface area contributed by atoms with Crippen molar-refractivity contribution in [1.29, 1.82) is 4.78 Å². The first-order valence-electron chi connectivity index (χ1n) is 8.93. The van der Waals surface area contributed by atoms with Crippen molar-refractivity contribution in [2.75, 3.05) is 18.3 Å². The Labute approximate surface area is 189 Å². The number of esters is 2. The lowest BCUT2D eigenvalue weighted by Crippen LogP contribution is -2.22. The molecule has 12 heteroatoms. The van der Waals surface area contributed by atoms with E-state index in [1.165, 1.54) is 6.08 Å². The summed E-state index contributed by atoms with van der Waals surface area (Å²) in [5, 5.41) is 0. The van der Waals surface area contributed by atoms with Gasteiger partial charge in [0.1, 0.15) is 5.70 Å². The van der Waals surface area contributed by atoms with Gasteiger partial charge in [-0.25, -0.2) is 18.8 Å². The quantitative estimate of drug-likeness (QED) is 0.0794. The number of benzene rings is 1. The zero-order chi connectivity index (χ0) is 22.7. The van der Waals surface area contributed by atoms with E-state index in [1.54, 1.807) is 18.2 Å². The van der Waals surface area contributed by atoms with Crippen molar-refractivity contribution in [2.24, 2.45) is 22.2 Å². The van der Waals surface area contributed by atoms with Crippen molar-refractivity contribution in [1.82, 2.24) is 0 Å². The highest BCUT2D eigenvalue weighted by atomic mass is 127. The van der Waals surface area contributed by atoms with Crippen molar-refractivity contribution in [3.05, 3.63) is 44.7 Å². The van der Waals surface area contributed by atoms with Crippen molar-refractivity contribution in [3.63, 3.8) is 0 Å². The molecule has 0 aromatic heterocycles. The maximum absolute atomic E-state index is 12.2. The highest BCUT2D eigenvalue weighted by molar-refractivity contribution is 14.1. The monoisotopic (exact) mass is 551 g/mol. The zero-order valence-electron chi connectivity index (χ0n) is 16.6. The van der Waals surface area contributed by atoms with E-state index in [4.69, 9.17) is 31.5 Å². The van der Waals surface area contributed by atoms with Crippen LogP contribution in [0.5, 0.6) is 0 Å². The smallest absolute Gasteiger partial charge is 0.356 e. The lowest BCUT2D eigenvalue weighted by Gasteiger charge is -2.09. The van der Waals surface area contributed by atoms with Crippen LogP contribution in [0.15, 0.2) is 35.0 Å². The Bertz CT molecular complexity index is 927. The number of hydrogen-bond donors (Lipinski definition) is 4. The standard InChI is InChI=1S/C18H26IN5O5S/c1-2-3-7-30(23,27)8-6-15(20)17(26)29-11-28-16(25)13-5-4-12(9-14(13)19)10-24-18(21)22/h4-6,9,23H,2-3,7-8,10-11,20H2,1H3,(H4,21,22,24)/b15-6-. The summed E-state index contributed by atoms with van der Waals surface area (Å²) in [5.74, 6) is -1.54. The lowest BCUT2D eigenvalue weighted by atomic mass is 10.1. The van der Waals surface area contributed by atoms with E-state index in [2.05, 4.69) is 4.99 Å². The third kappa shape index (κ3) is 9.43. The summed E-state index contributed by atoms with van der Waals surface area (Å²) in [6.07, 6.45) is 2.68. The fourth-order valence-corrected chi connectivity index (χ4v) is 4.24. The molecule has 0 amide bonds. The molecule has 0 aliphatic rings. The average Bonchev–Trinajstić information content (AvgIpc) is 2.68. The second kappa shape index (κ2) is 12.4. The van der Waals surface area contributed by atoms with Crippen molar-refractivity contribution in [2.45, 2.75) is 26.3 Å². The normalized spacial score (nSPS) is 13.2. The molecule has 1 rings (SSSR count). The van der Waals surface area contributed by atoms with Crippen LogP contribution < -0.4 is 17.2 Å². The van der Waals surface area contributed by atoms with Crippen LogP contribution in [0.4, 0.5) is 0 Å². The highest BCUT2D eigenvalue weighted by Gasteiger charge is 2.14. The Kier molecular flexibility index (Phi) is 10.6. The van der Waals surface area contributed by atoms with Gasteiger partial charge < -0.3 is 26.7 Å². The number of aliphatic imine (C=N–C) groups is 1. The maximum atomic E-state index is 12.2. The average molecular weight is 551 g/mol. The molecule has 1 atom stereocenters. The van der Waals surface area contributed by atoms with E-state index >= 15 is 0 Å². The molecule has 1 aromatic rings. The second-order valence-electron chi connectivity index (χ2n) is 6.23. The molecule has 1 aromatic carbocycles. The van der Waals surface area contributed by atoms with Gasteiger partial charge in [0.2, 0.25) is 6.79 Å². The minimum atomic E-state index is -2.83.